The van der Waals surface area contributed by atoms with Crippen LogP contribution in [-0.2, 0) is 37.3 Å². The summed E-state index contributed by atoms with van der Waals surface area (Å²) in [4.78, 5) is 38.4. The molecule has 2 atom stereocenters. The van der Waals surface area contributed by atoms with Crippen LogP contribution >= 0.6 is 0 Å². The summed E-state index contributed by atoms with van der Waals surface area (Å²) in [6, 6.07) is 21.8. The smallest absolute Gasteiger partial charge is 0.441 e. The lowest BCUT2D eigenvalue weighted by molar-refractivity contribution is -0.258. The maximum Gasteiger partial charge on any atom is 0.441 e. The van der Waals surface area contributed by atoms with E-state index in [0.717, 1.165) is 47.5 Å². The molecule has 3 aromatic rings. The monoisotopic (exact) mass is 690 g/mol. The van der Waals surface area contributed by atoms with Crippen LogP contribution in [0.2, 0.25) is 0 Å². The zero-order valence-electron chi connectivity index (χ0n) is 30.5. The Hall–Kier alpha value is -4.12. The van der Waals surface area contributed by atoms with Crippen molar-refractivity contribution in [2.24, 2.45) is 5.41 Å². The van der Waals surface area contributed by atoms with E-state index >= 15 is 0 Å². The zero-order valence-corrected chi connectivity index (χ0v) is 30.5. The fourth-order valence-corrected chi connectivity index (χ4v) is 6.21. The summed E-state index contributed by atoms with van der Waals surface area (Å²) in [5.74, 6) is 1.85. The van der Waals surface area contributed by atoms with Crippen LogP contribution in [0.15, 0.2) is 66.7 Å². The highest BCUT2D eigenvalue weighted by atomic mass is 17.2. The standard InChI is InChI=1S/C40H54N2O8/c1-29-14-15-32(35(25-29)41-38(43)13-9-22-45-5)28-49-50-39(44)42-21-20-31(26-37(42)40(2,3)4)30-16-18-34(19-17-30)48-24-10-23-47-27-33-11-7-8-12-36(33)46-6/h7-8,11-12,14-19,25,31,37H,9-10,13,20-24,26-28H2,1-6H3,(H,41,43). The first-order chi connectivity index (χ1) is 24.1. The van der Waals surface area contributed by atoms with Gasteiger partial charge >= 0.3 is 6.09 Å². The van der Waals surface area contributed by atoms with Gasteiger partial charge in [-0.15, -0.1) is 0 Å². The van der Waals surface area contributed by atoms with Gasteiger partial charge < -0.3 is 29.2 Å². The molecule has 0 saturated carbocycles. The highest BCUT2D eigenvalue weighted by Crippen LogP contribution is 2.39. The number of hydrogen-bond donors (Lipinski definition) is 1. The average Bonchev–Trinajstić information content (AvgIpc) is 3.10. The molecule has 1 aliphatic heterocycles. The minimum atomic E-state index is -0.503. The lowest BCUT2D eigenvalue weighted by atomic mass is 9.75. The minimum absolute atomic E-state index is 0.0146. The van der Waals surface area contributed by atoms with E-state index in [1.165, 1.54) is 5.56 Å². The van der Waals surface area contributed by atoms with Crippen molar-refractivity contribution in [2.45, 2.75) is 85.0 Å². The molecule has 3 aromatic carbocycles. The quantitative estimate of drug-likeness (QED) is 0.0859. The molecule has 0 spiro atoms. The summed E-state index contributed by atoms with van der Waals surface area (Å²) >= 11 is 0. The molecule has 1 fully saturated rings. The molecule has 0 aliphatic carbocycles. The normalized spacial score (nSPS) is 16.2. The van der Waals surface area contributed by atoms with Crippen LogP contribution in [0, 0.1) is 12.3 Å². The molecule has 1 heterocycles. The Balaban J connectivity index is 1.24. The number of anilines is 1. The molecule has 4 rings (SSSR count). The van der Waals surface area contributed by atoms with Crippen LogP contribution in [0.5, 0.6) is 11.5 Å². The molecule has 0 aromatic heterocycles. The number of hydrogen-bond acceptors (Lipinski definition) is 8. The molecular weight excluding hydrogens is 636 g/mol. The van der Waals surface area contributed by atoms with Gasteiger partial charge in [-0.05, 0) is 72.9 Å². The maximum absolute atomic E-state index is 13.3. The van der Waals surface area contributed by atoms with Gasteiger partial charge in [-0.1, -0.05) is 63.2 Å². The van der Waals surface area contributed by atoms with E-state index in [2.05, 4.69) is 38.2 Å². The number of amides is 2. The summed E-state index contributed by atoms with van der Waals surface area (Å²) in [7, 11) is 3.28. The second-order valence-electron chi connectivity index (χ2n) is 13.8. The number of ether oxygens (including phenoxy) is 4. The third kappa shape index (κ3) is 11.7. The highest BCUT2D eigenvalue weighted by Gasteiger charge is 2.40. The van der Waals surface area contributed by atoms with Gasteiger partial charge in [0.15, 0.2) is 0 Å². The van der Waals surface area contributed by atoms with E-state index in [1.54, 1.807) is 19.1 Å². The molecule has 272 valence electrons. The first-order valence-corrected chi connectivity index (χ1v) is 17.5. The van der Waals surface area contributed by atoms with Gasteiger partial charge in [0.05, 0.1) is 26.9 Å². The fourth-order valence-electron chi connectivity index (χ4n) is 6.21. The van der Waals surface area contributed by atoms with Crippen LogP contribution < -0.4 is 14.8 Å². The van der Waals surface area contributed by atoms with Crippen molar-refractivity contribution >= 4 is 17.7 Å². The predicted octanol–water partition coefficient (Wildman–Crippen LogP) is 8.22. The van der Waals surface area contributed by atoms with Crippen molar-refractivity contribution in [3.8, 4) is 11.5 Å². The van der Waals surface area contributed by atoms with Crippen molar-refractivity contribution in [1.82, 2.24) is 4.90 Å². The molecule has 1 aliphatic rings. The largest absolute Gasteiger partial charge is 0.496 e. The SMILES string of the molecule is COCCCC(=O)Nc1cc(C)ccc1COOC(=O)N1CCC(c2ccc(OCCCOCc3ccccc3OC)cc2)CC1C(C)(C)C. The van der Waals surface area contributed by atoms with E-state index in [-0.39, 0.29) is 24.0 Å². The van der Waals surface area contributed by atoms with E-state index in [4.69, 9.17) is 28.7 Å². The van der Waals surface area contributed by atoms with Gasteiger partial charge in [-0.2, -0.15) is 4.89 Å². The Kier molecular flexibility index (Phi) is 14.9. The van der Waals surface area contributed by atoms with Gasteiger partial charge in [0.2, 0.25) is 5.91 Å². The van der Waals surface area contributed by atoms with E-state index in [1.807, 2.05) is 61.5 Å². The molecule has 2 amide bonds. The molecule has 1 saturated heterocycles. The minimum Gasteiger partial charge on any atom is -0.496 e. The van der Waals surface area contributed by atoms with E-state index < -0.39 is 6.09 Å². The second-order valence-corrected chi connectivity index (χ2v) is 13.8. The second kappa shape index (κ2) is 19.3. The first kappa shape index (κ1) is 38.7. The predicted molar refractivity (Wildman–Crippen MR) is 193 cm³/mol. The van der Waals surface area contributed by atoms with Crippen LogP contribution in [0.1, 0.15) is 81.0 Å². The summed E-state index contributed by atoms with van der Waals surface area (Å²) < 4.78 is 22.2. The van der Waals surface area contributed by atoms with Crippen molar-refractivity contribution in [3.05, 3.63) is 89.0 Å². The Labute approximate surface area is 297 Å². The summed E-state index contributed by atoms with van der Waals surface area (Å²) in [5.41, 5.74) is 4.44. The Morgan fingerprint density at radius 3 is 2.42 bits per heavy atom. The van der Waals surface area contributed by atoms with Crippen LogP contribution in [-0.4, -0.2) is 63.5 Å². The van der Waals surface area contributed by atoms with Crippen molar-refractivity contribution < 1.29 is 38.3 Å². The fraction of sp³-hybridized carbons (Fsp3) is 0.500. The molecule has 2 unspecified atom stereocenters. The van der Waals surface area contributed by atoms with Crippen molar-refractivity contribution in [1.29, 1.82) is 0 Å². The van der Waals surface area contributed by atoms with Crippen LogP contribution in [0.25, 0.3) is 0 Å². The number of methoxy groups -OCH3 is 2. The number of nitrogens with zero attached hydrogens (tertiary/aromatic N) is 1. The van der Waals surface area contributed by atoms with Crippen LogP contribution in [0.4, 0.5) is 10.5 Å². The highest BCUT2D eigenvalue weighted by molar-refractivity contribution is 5.91. The van der Waals surface area contributed by atoms with Gasteiger partial charge in [0, 0.05) is 56.0 Å². The molecular formula is C40H54N2O8. The van der Waals surface area contributed by atoms with E-state index in [9.17, 15) is 9.59 Å². The summed E-state index contributed by atoms with van der Waals surface area (Å²) in [5, 5.41) is 2.95. The maximum atomic E-state index is 13.3. The molecule has 0 radical (unpaired) electrons. The van der Waals surface area contributed by atoms with Crippen molar-refractivity contribution in [3.63, 3.8) is 0 Å². The number of piperidine rings is 1. The van der Waals surface area contributed by atoms with Gasteiger partial charge in [0.1, 0.15) is 18.1 Å². The Bertz CT molecular complexity index is 1500. The number of benzene rings is 3. The molecule has 1 N–H and O–H groups in total. The number of likely N-dealkylation sites (tertiary alicyclic amines) is 1. The Morgan fingerprint density at radius 2 is 1.68 bits per heavy atom. The first-order valence-electron chi connectivity index (χ1n) is 17.5. The lowest BCUT2D eigenvalue weighted by Gasteiger charge is -2.45. The zero-order chi connectivity index (χ0) is 35.9. The van der Waals surface area contributed by atoms with Gasteiger partial charge in [-0.25, -0.2) is 4.79 Å². The number of nitrogens with one attached hydrogen (secondary N) is 1. The van der Waals surface area contributed by atoms with Gasteiger partial charge in [0.25, 0.3) is 0 Å². The lowest BCUT2D eigenvalue weighted by Crippen LogP contribution is -2.51. The van der Waals surface area contributed by atoms with E-state index in [0.29, 0.717) is 57.4 Å². The molecule has 10 nitrogen and oxygen atoms in total. The number of para-hydroxylation sites is 1. The summed E-state index contributed by atoms with van der Waals surface area (Å²) in [6.45, 7) is 11.1. The molecule has 50 heavy (non-hydrogen) atoms. The average molecular weight is 691 g/mol. The topological polar surface area (TPSA) is 105 Å². The number of aryl methyl sites for hydroxylation is 1. The third-order valence-electron chi connectivity index (χ3n) is 8.98. The summed E-state index contributed by atoms with van der Waals surface area (Å²) in [6.07, 6.45) is 2.87. The molecule has 10 heteroatoms. The number of carbonyl (C=O) groups excluding carboxylic acids is 2. The Morgan fingerprint density at radius 1 is 0.900 bits per heavy atom. The molecule has 0 bridgehead atoms. The van der Waals surface area contributed by atoms with Gasteiger partial charge in [-0.3, -0.25) is 9.68 Å². The van der Waals surface area contributed by atoms with Crippen molar-refractivity contribution in [2.75, 3.05) is 45.9 Å². The number of rotatable bonds is 17. The van der Waals surface area contributed by atoms with Crippen LogP contribution in [0.3, 0.4) is 0 Å². The third-order valence-corrected chi connectivity index (χ3v) is 8.98. The number of carbonyl (C=O) groups is 2.